The van der Waals surface area contributed by atoms with Crippen LogP contribution in [-0.4, -0.2) is 20.6 Å². The van der Waals surface area contributed by atoms with Crippen LogP contribution in [0.25, 0.3) is 11.3 Å². The molecule has 0 unspecified atom stereocenters. The van der Waals surface area contributed by atoms with Crippen molar-refractivity contribution in [3.8, 4) is 11.3 Å². The number of aromatic nitrogens is 2. The van der Waals surface area contributed by atoms with E-state index in [9.17, 15) is 4.79 Å². The summed E-state index contributed by atoms with van der Waals surface area (Å²) in [5, 5.41) is 8.89. The normalized spacial score (nSPS) is 10.4. The van der Waals surface area contributed by atoms with Crippen LogP contribution in [0.1, 0.15) is 12.5 Å². The number of benzene rings is 1. The minimum atomic E-state index is -0.819. The molecule has 4 heteroatoms. The van der Waals surface area contributed by atoms with Gasteiger partial charge in [-0.2, -0.15) is 0 Å². The summed E-state index contributed by atoms with van der Waals surface area (Å²) in [5.41, 5.74) is 2.72. The number of aliphatic carboxylic acids is 1. The predicted octanol–water partition coefficient (Wildman–Crippen LogP) is 2.20. The molecule has 1 aromatic carbocycles. The van der Waals surface area contributed by atoms with Crippen LogP contribution in [0, 0.1) is 0 Å². The molecule has 2 aromatic rings. The summed E-state index contributed by atoms with van der Waals surface area (Å²) in [6, 6.07) is 7.54. The highest BCUT2D eigenvalue weighted by Gasteiger charge is 2.10. The van der Waals surface area contributed by atoms with Crippen LogP contribution < -0.4 is 0 Å². The Labute approximate surface area is 99.5 Å². The maximum Gasteiger partial charge on any atom is 0.307 e. The number of carboxylic acid groups (broad SMARTS) is 1. The van der Waals surface area contributed by atoms with E-state index in [4.69, 9.17) is 5.11 Å². The maximum atomic E-state index is 10.8. The molecule has 0 fully saturated rings. The molecule has 88 valence electrons. The number of aryl methyl sites for hydroxylation is 1. The molecule has 0 amide bonds. The highest BCUT2D eigenvalue weighted by Crippen LogP contribution is 2.23. The molecule has 0 spiro atoms. The second kappa shape index (κ2) is 4.82. The lowest BCUT2D eigenvalue weighted by molar-refractivity contribution is -0.136. The fourth-order valence-electron chi connectivity index (χ4n) is 1.88. The van der Waals surface area contributed by atoms with Crippen molar-refractivity contribution in [3.63, 3.8) is 0 Å². The molecule has 17 heavy (non-hydrogen) atoms. The molecular weight excluding hydrogens is 216 g/mol. The number of carbonyl (C=O) groups is 1. The van der Waals surface area contributed by atoms with Crippen molar-refractivity contribution < 1.29 is 9.90 Å². The van der Waals surface area contributed by atoms with Crippen LogP contribution in [0.4, 0.5) is 0 Å². The van der Waals surface area contributed by atoms with Gasteiger partial charge in [0.15, 0.2) is 0 Å². The number of rotatable bonds is 4. The zero-order chi connectivity index (χ0) is 12.3. The molecule has 0 aliphatic carbocycles. The Morgan fingerprint density at radius 1 is 1.41 bits per heavy atom. The zero-order valence-corrected chi connectivity index (χ0v) is 9.63. The highest BCUT2D eigenvalue weighted by atomic mass is 16.4. The summed E-state index contributed by atoms with van der Waals surface area (Å²) in [5.74, 6) is -0.819. The van der Waals surface area contributed by atoms with Gasteiger partial charge in [-0.1, -0.05) is 24.3 Å². The van der Waals surface area contributed by atoms with Crippen molar-refractivity contribution in [2.24, 2.45) is 0 Å². The van der Waals surface area contributed by atoms with Gasteiger partial charge in [0.25, 0.3) is 0 Å². The van der Waals surface area contributed by atoms with Crippen LogP contribution in [0.5, 0.6) is 0 Å². The Morgan fingerprint density at radius 3 is 2.88 bits per heavy atom. The van der Waals surface area contributed by atoms with E-state index in [1.807, 2.05) is 35.8 Å². The van der Waals surface area contributed by atoms with Gasteiger partial charge in [-0.05, 0) is 12.5 Å². The van der Waals surface area contributed by atoms with Gasteiger partial charge < -0.3 is 9.67 Å². The van der Waals surface area contributed by atoms with Gasteiger partial charge in [-0.3, -0.25) is 4.79 Å². The molecule has 4 nitrogen and oxygen atoms in total. The Kier molecular flexibility index (Phi) is 3.23. The molecule has 0 aliphatic rings. The largest absolute Gasteiger partial charge is 0.481 e. The van der Waals surface area contributed by atoms with E-state index >= 15 is 0 Å². The number of hydrogen-bond acceptors (Lipinski definition) is 2. The van der Waals surface area contributed by atoms with E-state index in [-0.39, 0.29) is 6.42 Å². The first-order chi connectivity index (χ1) is 8.22. The van der Waals surface area contributed by atoms with Crippen LogP contribution in [-0.2, 0) is 17.8 Å². The lowest BCUT2D eigenvalue weighted by atomic mass is 10.0. The third-order valence-corrected chi connectivity index (χ3v) is 2.69. The van der Waals surface area contributed by atoms with E-state index in [1.54, 1.807) is 12.5 Å². The van der Waals surface area contributed by atoms with Crippen LogP contribution in [0.15, 0.2) is 36.8 Å². The fraction of sp³-hybridized carbons (Fsp3) is 0.231. The summed E-state index contributed by atoms with van der Waals surface area (Å²) in [7, 11) is 0. The van der Waals surface area contributed by atoms with Gasteiger partial charge >= 0.3 is 5.97 Å². The Balaban J connectivity index is 2.48. The minimum Gasteiger partial charge on any atom is -0.481 e. The summed E-state index contributed by atoms with van der Waals surface area (Å²) >= 11 is 0. The van der Waals surface area contributed by atoms with E-state index in [0.29, 0.717) is 0 Å². The quantitative estimate of drug-likeness (QED) is 0.876. The Morgan fingerprint density at radius 2 is 2.18 bits per heavy atom. The van der Waals surface area contributed by atoms with Crippen molar-refractivity contribution in [1.82, 2.24) is 9.55 Å². The summed E-state index contributed by atoms with van der Waals surface area (Å²) in [6.07, 6.45) is 3.56. The summed E-state index contributed by atoms with van der Waals surface area (Å²) in [6.45, 7) is 2.85. The van der Waals surface area contributed by atoms with Crippen LogP contribution in [0.3, 0.4) is 0 Å². The lowest BCUT2D eigenvalue weighted by Crippen LogP contribution is -2.03. The van der Waals surface area contributed by atoms with Crippen molar-refractivity contribution in [1.29, 1.82) is 0 Å². The molecular formula is C13H14N2O2. The molecule has 0 bridgehead atoms. The van der Waals surface area contributed by atoms with E-state index < -0.39 is 5.97 Å². The third kappa shape index (κ3) is 2.36. The molecule has 2 rings (SSSR count). The highest BCUT2D eigenvalue weighted by molar-refractivity contribution is 5.75. The lowest BCUT2D eigenvalue weighted by Gasteiger charge is -2.09. The van der Waals surface area contributed by atoms with Gasteiger partial charge in [-0.25, -0.2) is 4.98 Å². The van der Waals surface area contributed by atoms with Crippen molar-refractivity contribution in [2.45, 2.75) is 19.9 Å². The molecule has 0 saturated carbocycles. The molecule has 0 aliphatic heterocycles. The number of imidazole rings is 1. The van der Waals surface area contributed by atoms with Gasteiger partial charge in [0.1, 0.15) is 0 Å². The van der Waals surface area contributed by atoms with Gasteiger partial charge in [-0.15, -0.1) is 0 Å². The molecule has 0 radical (unpaired) electrons. The second-order valence-electron chi connectivity index (χ2n) is 3.79. The van der Waals surface area contributed by atoms with E-state index in [2.05, 4.69) is 4.98 Å². The smallest absolute Gasteiger partial charge is 0.307 e. The standard InChI is InChI=1S/C13H14N2O2/c1-2-15-9-14-8-12(15)11-6-4-3-5-10(11)7-13(16)17/h3-6,8-9H,2,7H2,1H3,(H,16,17). The average Bonchev–Trinajstić information content (AvgIpc) is 2.77. The maximum absolute atomic E-state index is 10.8. The first-order valence-corrected chi connectivity index (χ1v) is 5.52. The van der Waals surface area contributed by atoms with Gasteiger partial charge in [0, 0.05) is 12.1 Å². The minimum absolute atomic E-state index is 0.0328. The van der Waals surface area contributed by atoms with E-state index in [1.165, 1.54) is 0 Å². The number of carboxylic acids is 1. The Hall–Kier alpha value is -2.10. The predicted molar refractivity (Wildman–Crippen MR) is 64.7 cm³/mol. The Bertz CT molecular complexity index is 532. The molecule has 0 saturated heterocycles. The second-order valence-corrected chi connectivity index (χ2v) is 3.79. The monoisotopic (exact) mass is 230 g/mol. The topological polar surface area (TPSA) is 55.1 Å². The van der Waals surface area contributed by atoms with Gasteiger partial charge in [0.2, 0.25) is 0 Å². The molecule has 0 atom stereocenters. The third-order valence-electron chi connectivity index (χ3n) is 2.69. The van der Waals surface area contributed by atoms with Gasteiger partial charge in [0.05, 0.1) is 24.6 Å². The number of hydrogen-bond donors (Lipinski definition) is 1. The summed E-state index contributed by atoms with van der Waals surface area (Å²) < 4.78 is 2.00. The van der Waals surface area contributed by atoms with Crippen LogP contribution in [0.2, 0.25) is 0 Å². The molecule has 1 heterocycles. The average molecular weight is 230 g/mol. The fourth-order valence-corrected chi connectivity index (χ4v) is 1.88. The van der Waals surface area contributed by atoms with Crippen molar-refractivity contribution in [3.05, 3.63) is 42.4 Å². The van der Waals surface area contributed by atoms with Crippen molar-refractivity contribution in [2.75, 3.05) is 0 Å². The number of nitrogens with zero attached hydrogens (tertiary/aromatic N) is 2. The van der Waals surface area contributed by atoms with Crippen LogP contribution >= 0.6 is 0 Å². The first-order valence-electron chi connectivity index (χ1n) is 5.52. The first kappa shape index (κ1) is 11.4. The molecule has 1 aromatic heterocycles. The summed E-state index contributed by atoms with van der Waals surface area (Å²) in [4.78, 5) is 14.9. The van der Waals surface area contributed by atoms with Crippen molar-refractivity contribution >= 4 is 5.97 Å². The van der Waals surface area contributed by atoms with E-state index in [0.717, 1.165) is 23.4 Å². The molecule has 1 N–H and O–H groups in total. The zero-order valence-electron chi connectivity index (χ0n) is 9.63. The SMILES string of the molecule is CCn1cncc1-c1ccccc1CC(=O)O.